The van der Waals surface area contributed by atoms with Crippen molar-refractivity contribution < 1.29 is 18.0 Å². The standard InChI is InChI=1S/C25H28F3N5O/c1-18-22(16-29-33(18)21-10-6-9-20(15-21)25(26,27)28)24(34)30-23(19-7-4-3-5-8-19)17-32-13-11-31(2)12-14-32/h3-10,15-16,23H,11-14,17H2,1-2H3,(H,30,34). The second kappa shape index (κ2) is 9.99. The molecule has 1 aliphatic rings. The van der Waals surface area contributed by atoms with Crippen LogP contribution < -0.4 is 5.32 Å². The van der Waals surface area contributed by atoms with Gasteiger partial charge in [-0.05, 0) is 37.7 Å². The summed E-state index contributed by atoms with van der Waals surface area (Å²) >= 11 is 0. The number of hydrogen-bond donors (Lipinski definition) is 1. The molecule has 1 amide bonds. The molecule has 1 aliphatic heterocycles. The highest BCUT2D eigenvalue weighted by molar-refractivity contribution is 5.95. The van der Waals surface area contributed by atoms with Gasteiger partial charge in [-0.2, -0.15) is 18.3 Å². The lowest BCUT2D eigenvalue weighted by Gasteiger charge is -2.35. The maximum absolute atomic E-state index is 13.2. The zero-order chi connectivity index (χ0) is 24.3. The first-order chi connectivity index (χ1) is 16.2. The zero-order valence-corrected chi connectivity index (χ0v) is 19.2. The first kappa shape index (κ1) is 24.0. The topological polar surface area (TPSA) is 53.4 Å². The number of alkyl halides is 3. The third-order valence-corrected chi connectivity index (χ3v) is 6.22. The fourth-order valence-electron chi connectivity index (χ4n) is 4.15. The SMILES string of the molecule is Cc1c(C(=O)NC(CN2CCN(C)CC2)c2ccccc2)cnn1-c1cccc(C(F)(F)F)c1. The minimum Gasteiger partial charge on any atom is -0.344 e. The Balaban J connectivity index is 1.55. The lowest BCUT2D eigenvalue weighted by molar-refractivity contribution is -0.137. The average Bonchev–Trinajstić information content (AvgIpc) is 3.21. The van der Waals surface area contributed by atoms with Crippen LogP contribution in [-0.4, -0.2) is 65.3 Å². The largest absolute Gasteiger partial charge is 0.416 e. The van der Waals surface area contributed by atoms with Gasteiger partial charge in [-0.25, -0.2) is 4.68 Å². The third-order valence-electron chi connectivity index (χ3n) is 6.22. The Kier molecular flexibility index (Phi) is 7.04. The highest BCUT2D eigenvalue weighted by atomic mass is 19.4. The molecule has 34 heavy (non-hydrogen) atoms. The Hall–Kier alpha value is -3.17. The van der Waals surface area contributed by atoms with E-state index in [1.165, 1.54) is 23.0 Å². The van der Waals surface area contributed by atoms with Crippen LogP contribution in [0.25, 0.3) is 5.69 Å². The summed E-state index contributed by atoms with van der Waals surface area (Å²) in [5.41, 5.74) is 1.29. The number of rotatable bonds is 6. The number of hydrogen-bond acceptors (Lipinski definition) is 4. The molecule has 1 aromatic heterocycles. The number of carbonyl (C=O) groups excluding carboxylic acids is 1. The molecule has 2 aromatic carbocycles. The lowest BCUT2D eigenvalue weighted by Crippen LogP contribution is -2.47. The van der Waals surface area contributed by atoms with Crippen molar-refractivity contribution in [1.82, 2.24) is 24.9 Å². The van der Waals surface area contributed by atoms with E-state index in [-0.39, 0.29) is 17.6 Å². The number of likely N-dealkylation sites (N-methyl/N-ethyl adjacent to an activating group) is 1. The van der Waals surface area contributed by atoms with E-state index in [2.05, 4.69) is 27.3 Å². The highest BCUT2D eigenvalue weighted by Crippen LogP contribution is 2.30. The molecule has 2 heterocycles. The highest BCUT2D eigenvalue weighted by Gasteiger charge is 2.31. The second-order valence-electron chi connectivity index (χ2n) is 8.64. The van der Waals surface area contributed by atoms with Crippen LogP contribution in [0.2, 0.25) is 0 Å². The van der Waals surface area contributed by atoms with Crippen LogP contribution in [0.15, 0.2) is 60.8 Å². The number of amides is 1. The molecule has 9 heteroatoms. The minimum absolute atomic E-state index is 0.228. The molecule has 0 spiro atoms. The normalized spacial score (nSPS) is 16.4. The van der Waals surface area contributed by atoms with Crippen LogP contribution in [0.3, 0.4) is 0 Å². The first-order valence-corrected chi connectivity index (χ1v) is 11.2. The molecule has 0 saturated carbocycles. The third kappa shape index (κ3) is 5.48. The van der Waals surface area contributed by atoms with Gasteiger partial charge < -0.3 is 10.2 Å². The van der Waals surface area contributed by atoms with Crippen LogP contribution in [0.4, 0.5) is 13.2 Å². The van der Waals surface area contributed by atoms with Crippen molar-refractivity contribution in [1.29, 1.82) is 0 Å². The van der Waals surface area contributed by atoms with E-state index in [4.69, 9.17) is 0 Å². The van der Waals surface area contributed by atoms with Crippen molar-refractivity contribution >= 4 is 5.91 Å². The molecule has 1 unspecified atom stereocenters. The van der Waals surface area contributed by atoms with Crippen LogP contribution in [0.5, 0.6) is 0 Å². The number of aromatic nitrogens is 2. The molecule has 0 bridgehead atoms. The van der Waals surface area contributed by atoms with E-state index in [9.17, 15) is 18.0 Å². The molecule has 1 N–H and O–H groups in total. The van der Waals surface area contributed by atoms with E-state index < -0.39 is 11.7 Å². The molecule has 0 aliphatic carbocycles. The van der Waals surface area contributed by atoms with Crippen LogP contribution >= 0.6 is 0 Å². The number of nitrogens with one attached hydrogen (secondary N) is 1. The molecular weight excluding hydrogens is 443 g/mol. The van der Waals surface area contributed by atoms with Crippen LogP contribution in [0.1, 0.15) is 33.2 Å². The zero-order valence-electron chi connectivity index (χ0n) is 19.2. The van der Waals surface area contributed by atoms with Gasteiger partial charge in [0.05, 0.1) is 34.7 Å². The van der Waals surface area contributed by atoms with Gasteiger partial charge in [0.2, 0.25) is 0 Å². The summed E-state index contributed by atoms with van der Waals surface area (Å²) < 4.78 is 40.8. The molecule has 3 aromatic rings. The van der Waals surface area contributed by atoms with Gasteiger partial charge in [0.25, 0.3) is 5.91 Å². The monoisotopic (exact) mass is 471 g/mol. The van der Waals surface area contributed by atoms with Crippen molar-refractivity contribution in [2.75, 3.05) is 39.8 Å². The molecule has 180 valence electrons. The second-order valence-corrected chi connectivity index (χ2v) is 8.64. The summed E-state index contributed by atoms with van der Waals surface area (Å²) in [6, 6.07) is 14.5. The van der Waals surface area contributed by atoms with Gasteiger partial charge in [-0.15, -0.1) is 0 Å². The van der Waals surface area contributed by atoms with E-state index in [1.54, 1.807) is 6.92 Å². The predicted molar refractivity (Wildman–Crippen MR) is 124 cm³/mol. The van der Waals surface area contributed by atoms with Crippen molar-refractivity contribution in [2.24, 2.45) is 0 Å². The molecular formula is C25H28F3N5O. The molecule has 6 nitrogen and oxygen atoms in total. The van der Waals surface area contributed by atoms with E-state index in [0.29, 0.717) is 17.8 Å². The summed E-state index contributed by atoms with van der Waals surface area (Å²) in [6.07, 6.45) is -3.05. The van der Waals surface area contributed by atoms with Gasteiger partial charge in [0, 0.05) is 32.7 Å². The fraction of sp³-hybridized carbons (Fsp3) is 0.360. The molecule has 1 saturated heterocycles. The molecule has 1 fully saturated rings. The smallest absolute Gasteiger partial charge is 0.344 e. The van der Waals surface area contributed by atoms with Gasteiger partial charge in [-0.3, -0.25) is 9.69 Å². The van der Waals surface area contributed by atoms with E-state index in [1.807, 2.05) is 30.3 Å². The Labute approximate surface area is 197 Å². The quantitative estimate of drug-likeness (QED) is 0.592. The summed E-state index contributed by atoms with van der Waals surface area (Å²) in [7, 11) is 2.10. The summed E-state index contributed by atoms with van der Waals surface area (Å²) in [5.74, 6) is -0.307. The Morgan fingerprint density at radius 1 is 1.06 bits per heavy atom. The Morgan fingerprint density at radius 2 is 1.76 bits per heavy atom. The average molecular weight is 472 g/mol. The summed E-state index contributed by atoms with van der Waals surface area (Å²) in [4.78, 5) is 17.8. The Morgan fingerprint density at radius 3 is 2.44 bits per heavy atom. The van der Waals surface area contributed by atoms with E-state index in [0.717, 1.165) is 43.9 Å². The van der Waals surface area contributed by atoms with Gasteiger partial charge in [-0.1, -0.05) is 36.4 Å². The van der Waals surface area contributed by atoms with E-state index >= 15 is 0 Å². The van der Waals surface area contributed by atoms with Crippen molar-refractivity contribution in [3.05, 3.63) is 83.2 Å². The number of piperazine rings is 1. The number of nitrogens with zero attached hydrogens (tertiary/aromatic N) is 4. The number of carbonyl (C=O) groups is 1. The first-order valence-electron chi connectivity index (χ1n) is 11.2. The summed E-state index contributed by atoms with van der Waals surface area (Å²) in [5, 5.41) is 7.33. The van der Waals surface area contributed by atoms with Crippen molar-refractivity contribution in [2.45, 2.75) is 19.1 Å². The number of benzene rings is 2. The minimum atomic E-state index is -4.45. The van der Waals surface area contributed by atoms with Gasteiger partial charge >= 0.3 is 6.18 Å². The van der Waals surface area contributed by atoms with Crippen molar-refractivity contribution in [3.8, 4) is 5.69 Å². The van der Waals surface area contributed by atoms with Gasteiger partial charge in [0.1, 0.15) is 0 Å². The molecule has 4 rings (SSSR count). The maximum Gasteiger partial charge on any atom is 0.416 e. The lowest BCUT2D eigenvalue weighted by atomic mass is 10.1. The summed E-state index contributed by atoms with van der Waals surface area (Å²) in [6.45, 7) is 6.13. The predicted octanol–water partition coefficient (Wildman–Crippen LogP) is 3.92. The molecule has 0 radical (unpaired) electrons. The number of halogens is 3. The van der Waals surface area contributed by atoms with Crippen LogP contribution in [-0.2, 0) is 6.18 Å². The molecule has 1 atom stereocenters. The maximum atomic E-state index is 13.2. The van der Waals surface area contributed by atoms with Crippen LogP contribution in [0, 0.1) is 6.92 Å². The Bertz CT molecular complexity index is 1120. The van der Waals surface area contributed by atoms with Gasteiger partial charge in [0.15, 0.2) is 0 Å². The fourth-order valence-corrected chi connectivity index (χ4v) is 4.15. The van der Waals surface area contributed by atoms with Crippen molar-refractivity contribution in [3.63, 3.8) is 0 Å².